The van der Waals surface area contributed by atoms with E-state index in [1.165, 1.54) is 29.8 Å². The molecule has 0 unspecified atom stereocenters. The number of hydrogen-bond acceptors (Lipinski definition) is 10. The van der Waals surface area contributed by atoms with Crippen molar-refractivity contribution in [2.75, 3.05) is 18.6 Å². The van der Waals surface area contributed by atoms with Gasteiger partial charge >= 0.3 is 11.6 Å². The number of hydrogen-bond donors (Lipinski definition) is 4. The van der Waals surface area contributed by atoms with Crippen LogP contribution in [0.5, 0.6) is 0 Å². The van der Waals surface area contributed by atoms with Crippen LogP contribution in [-0.2, 0) is 32.3 Å². The molecule has 0 aliphatic carbocycles. The van der Waals surface area contributed by atoms with E-state index in [-0.39, 0.29) is 68.1 Å². The lowest BCUT2D eigenvalue weighted by molar-refractivity contribution is -0.662. The highest BCUT2D eigenvalue weighted by atomic mass is 35.5. The van der Waals surface area contributed by atoms with Crippen LogP contribution < -0.4 is 16.0 Å². The molecule has 0 saturated carbocycles. The minimum absolute atomic E-state index is 0.0536. The summed E-state index contributed by atoms with van der Waals surface area (Å²) < 4.78 is 20.3. The standard InChI is InChI=1S/C28H24Cl2FN9O5S2/c1-45-36-20(21-23(30)47-28(34)35-21)18(41)8-14-25(42)40-22(27(43)44)13(11-46-26(14)40)9-38-3-2-19-37(4-5-39(19)38)10-15-16(29)6-12(24(32)33)7-17(15)31/h2-7,14,26H,8-11H2,1H3,(H5-,32,33,34,35,43,44)/p+1/b36-20+/t14-,26-/m1/s1. The largest absolute Gasteiger partial charge is 0.477 e. The number of carbonyl (C=O) groups is 3. The lowest BCUT2D eigenvalue weighted by Crippen LogP contribution is -2.62. The fraction of sp³-hybridized carbons (Fsp3) is 0.250. The highest BCUT2D eigenvalue weighted by Crippen LogP contribution is 2.45. The summed E-state index contributed by atoms with van der Waals surface area (Å²) in [6.07, 6.45) is 4.96. The smallest absolute Gasteiger partial charge is 0.352 e. The summed E-state index contributed by atoms with van der Waals surface area (Å²) in [6.45, 7) is 0.231. The molecule has 1 saturated heterocycles. The van der Waals surface area contributed by atoms with Crippen molar-refractivity contribution in [3.63, 3.8) is 0 Å². The van der Waals surface area contributed by atoms with Gasteiger partial charge in [-0.2, -0.15) is 0 Å². The van der Waals surface area contributed by atoms with E-state index in [1.54, 1.807) is 38.4 Å². The predicted octanol–water partition coefficient (Wildman–Crippen LogP) is 2.73. The van der Waals surface area contributed by atoms with Gasteiger partial charge in [-0.3, -0.25) is 19.9 Å². The summed E-state index contributed by atoms with van der Waals surface area (Å²) in [5.41, 5.74) is 12.5. The van der Waals surface area contributed by atoms with Gasteiger partial charge in [-0.1, -0.05) is 39.7 Å². The number of nitrogen functional groups attached to an aromatic ring is 2. The second-order valence-corrected chi connectivity index (χ2v) is 13.7. The van der Waals surface area contributed by atoms with Gasteiger partial charge in [0.15, 0.2) is 22.8 Å². The molecule has 2 atom stereocenters. The molecule has 244 valence electrons. The Bertz CT molecular complexity index is 2030. The van der Waals surface area contributed by atoms with Crippen LogP contribution >= 0.6 is 46.3 Å². The number of rotatable bonds is 11. The average Bonchev–Trinajstić information content (AvgIpc) is 3.71. The Kier molecular flexibility index (Phi) is 8.73. The molecule has 1 aromatic carbocycles. The Morgan fingerprint density at radius 2 is 2.09 bits per heavy atom. The van der Waals surface area contributed by atoms with E-state index in [0.29, 0.717) is 17.0 Å². The maximum absolute atomic E-state index is 14.9. The van der Waals surface area contributed by atoms with E-state index in [2.05, 4.69) is 10.1 Å². The van der Waals surface area contributed by atoms with Gasteiger partial charge in [-0.05, 0) is 17.7 Å². The average molecular weight is 722 g/mol. The molecule has 47 heavy (non-hydrogen) atoms. The molecule has 4 aromatic rings. The first-order valence-corrected chi connectivity index (χ1v) is 16.4. The highest BCUT2D eigenvalue weighted by molar-refractivity contribution is 8.00. The lowest BCUT2D eigenvalue weighted by Gasteiger charge is -2.49. The number of fused-ring (bicyclic) bond motifs is 2. The molecular weight excluding hydrogens is 696 g/mol. The maximum Gasteiger partial charge on any atom is 0.352 e. The fourth-order valence-corrected chi connectivity index (χ4v) is 8.20. The van der Waals surface area contributed by atoms with E-state index in [0.717, 1.165) is 17.4 Å². The molecule has 1 amide bonds. The number of aliphatic carboxylic acids is 1. The number of benzene rings is 1. The third-order valence-electron chi connectivity index (χ3n) is 7.76. The summed E-state index contributed by atoms with van der Waals surface area (Å²) in [5, 5.41) is 21.2. The predicted molar refractivity (Wildman–Crippen MR) is 173 cm³/mol. The number of amidine groups is 1. The van der Waals surface area contributed by atoms with Crippen LogP contribution in [0.3, 0.4) is 0 Å². The summed E-state index contributed by atoms with van der Waals surface area (Å²) in [6, 6.07) is 4.38. The van der Waals surface area contributed by atoms with Crippen LogP contribution in [-0.4, -0.2) is 71.6 Å². The van der Waals surface area contributed by atoms with Crippen molar-refractivity contribution in [2.24, 2.45) is 16.8 Å². The number of anilines is 1. The molecular formula is C28H25Cl2FN9O5S2+. The van der Waals surface area contributed by atoms with E-state index in [1.807, 2.05) is 0 Å². The van der Waals surface area contributed by atoms with Crippen molar-refractivity contribution >= 4 is 86.3 Å². The van der Waals surface area contributed by atoms with E-state index in [4.69, 9.17) is 44.9 Å². The number of oxime groups is 1. The molecule has 6 rings (SSSR count). The van der Waals surface area contributed by atoms with Gasteiger partial charge in [0, 0.05) is 23.3 Å². The monoisotopic (exact) mass is 720 g/mol. The van der Waals surface area contributed by atoms with Gasteiger partial charge in [0.05, 0.1) is 35.1 Å². The van der Waals surface area contributed by atoms with Gasteiger partial charge in [0.25, 0.3) is 0 Å². The van der Waals surface area contributed by atoms with Crippen LogP contribution in [0.1, 0.15) is 23.2 Å². The number of thiazole rings is 1. The van der Waals surface area contributed by atoms with E-state index in [9.17, 15) is 23.9 Å². The number of β-lactam (4-membered cyclic amide) rings is 1. The number of aromatic nitrogens is 4. The molecule has 5 heterocycles. The first-order valence-electron chi connectivity index (χ1n) is 13.7. The summed E-state index contributed by atoms with van der Waals surface area (Å²) >= 11 is 14.8. The molecule has 6 N–H and O–H groups in total. The number of imidazole rings is 1. The number of nitrogens with two attached hydrogens (primary N) is 2. The summed E-state index contributed by atoms with van der Waals surface area (Å²) in [5.74, 6) is -3.71. The van der Waals surface area contributed by atoms with Crippen LogP contribution in [0, 0.1) is 17.1 Å². The van der Waals surface area contributed by atoms with Gasteiger partial charge < -0.3 is 21.4 Å². The Hall–Kier alpha value is -4.45. The molecule has 14 nitrogen and oxygen atoms in total. The molecule has 3 aromatic heterocycles. The van der Waals surface area contributed by atoms with Crippen molar-refractivity contribution in [3.05, 3.63) is 80.1 Å². The molecule has 0 bridgehead atoms. The molecule has 0 radical (unpaired) electrons. The third kappa shape index (κ3) is 5.83. The Balaban J connectivity index is 1.21. The Morgan fingerprint density at radius 3 is 2.72 bits per heavy atom. The zero-order valence-electron chi connectivity index (χ0n) is 24.3. The van der Waals surface area contributed by atoms with Crippen molar-refractivity contribution in [1.29, 1.82) is 5.41 Å². The number of nitrogens with one attached hydrogen (secondary N) is 1. The number of Topliss-reactive ketones (excluding diaryl/α,β-unsaturated/α-hetero) is 1. The Labute approximate surface area is 283 Å². The number of amides is 1. The van der Waals surface area contributed by atoms with Crippen LogP contribution in [0.4, 0.5) is 9.52 Å². The highest BCUT2D eigenvalue weighted by Gasteiger charge is 2.54. The van der Waals surface area contributed by atoms with Crippen molar-refractivity contribution in [1.82, 2.24) is 19.1 Å². The number of nitrogens with zero attached hydrogens (tertiary/aromatic N) is 6. The molecule has 2 aliphatic rings. The maximum atomic E-state index is 14.9. The number of halogens is 3. The first-order chi connectivity index (χ1) is 22.4. The summed E-state index contributed by atoms with van der Waals surface area (Å²) in [4.78, 5) is 49.1. The number of carbonyl (C=O) groups excluding carboxylic acids is 2. The van der Waals surface area contributed by atoms with Crippen LogP contribution in [0.2, 0.25) is 9.36 Å². The molecule has 1 fully saturated rings. The van der Waals surface area contributed by atoms with Crippen LogP contribution in [0.25, 0.3) is 5.65 Å². The van der Waals surface area contributed by atoms with Gasteiger partial charge in [0.2, 0.25) is 5.91 Å². The first kappa shape index (κ1) is 32.5. The fourth-order valence-electron chi connectivity index (χ4n) is 5.60. The third-order valence-corrected chi connectivity index (χ3v) is 10.6. The molecule has 19 heteroatoms. The quantitative estimate of drug-likeness (QED) is 0.0592. The topological polar surface area (TPSA) is 198 Å². The second kappa shape index (κ2) is 12.6. The van der Waals surface area contributed by atoms with Crippen molar-refractivity contribution in [3.8, 4) is 0 Å². The minimum atomic E-state index is -1.26. The molecule has 0 spiro atoms. The number of carboxylic acid groups (broad SMARTS) is 1. The Morgan fingerprint density at radius 1 is 1.32 bits per heavy atom. The zero-order chi connectivity index (χ0) is 33.7. The number of thioether (sulfide) groups is 1. The van der Waals surface area contributed by atoms with Crippen molar-refractivity contribution < 1.29 is 33.3 Å². The molecule has 2 aliphatic heterocycles. The summed E-state index contributed by atoms with van der Waals surface area (Å²) in [7, 11) is 1.26. The van der Waals surface area contributed by atoms with E-state index < -0.39 is 34.8 Å². The zero-order valence-corrected chi connectivity index (χ0v) is 27.5. The number of carboxylic acids is 1. The lowest BCUT2D eigenvalue weighted by atomic mass is 9.89. The van der Waals surface area contributed by atoms with Gasteiger partial charge in [-0.15, -0.1) is 16.3 Å². The van der Waals surface area contributed by atoms with Crippen molar-refractivity contribution in [2.45, 2.75) is 24.9 Å². The van der Waals surface area contributed by atoms with Gasteiger partial charge in [0.1, 0.15) is 47.2 Å². The number of ketones is 1. The van der Waals surface area contributed by atoms with Gasteiger partial charge in [-0.25, -0.2) is 23.4 Å². The van der Waals surface area contributed by atoms with Crippen LogP contribution in [0.15, 0.2) is 53.2 Å². The SMILES string of the molecule is CO/N=C(\C(=O)C[C@@H]1C(=O)N2C(C(=O)O)=C(Cn3ccc4n3cc[n+]4Cc3c(F)cc(C(=N)N)cc3Cl)CS[C@H]12)c1nc(N)sc1Cl. The van der Waals surface area contributed by atoms with E-state index >= 15 is 0 Å². The normalized spacial score (nSPS) is 18.0. The minimum Gasteiger partial charge on any atom is -0.477 e. The second-order valence-electron chi connectivity index (χ2n) is 10.6.